The summed E-state index contributed by atoms with van der Waals surface area (Å²) >= 11 is 0. The zero-order valence-corrected chi connectivity index (χ0v) is 10.6. The van der Waals surface area contributed by atoms with Crippen LogP contribution in [-0.2, 0) is 13.1 Å². The molecule has 0 bridgehead atoms. The van der Waals surface area contributed by atoms with Crippen molar-refractivity contribution in [2.75, 3.05) is 0 Å². The predicted octanol–water partition coefficient (Wildman–Crippen LogP) is 1.48. The van der Waals surface area contributed by atoms with E-state index in [1.54, 1.807) is 0 Å². The van der Waals surface area contributed by atoms with Crippen LogP contribution in [0.4, 0.5) is 0 Å². The van der Waals surface area contributed by atoms with Gasteiger partial charge in [0.05, 0.1) is 24.1 Å². The van der Waals surface area contributed by atoms with Gasteiger partial charge in [0.25, 0.3) is 0 Å². The Bertz CT molecular complexity index is 495. The molecular formula is C12H19N5. The van der Waals surface area contributed by atoms with Crippen molar-refractivity contribution in [2.45, 2.75) is 39.9 Å². The number of hydrogen-bond donors (Lipinski definition) is 1. The highest BCUT2D eigenvalue weighted by Crippen LogP contribution is 2.10. The molecule has 0 amide bonds. The standard InChI is InChI=1S/C12H19N5/c1-4-17-12(5-9(2)15-17)8-16-7-11(6-14-16)10(3)13/h5-7,10H,4,8,13H2,1-3H3. The number of nitrogens with two attached hydrogens (primary N) is 1. The normalized spacial score (nSPS) is 12.9. The molecular weight excluding hydrogens is 214 g/mol. The van der Waals surface area contributed by atoms with Gasteiger partial charge in [-0.15, -0.1) is 0 Å². The van der Waals surface area contributed by atoms with Crippen molar-refractivity contribution < 1.29 is 0 Å². The maximum Gasteiger partial charge on any atom is 0.0828 e. The Morgan fingerprint density at radius 2 is 2.24 bits per heavy atom. The quantitative estimate of drug-likeness (QED) is 0.870. The van der Waals surface area contributed by atoms with Crippen LogP contribution in [0, 0.1) is 6.92 Å². The predicted molar refractivity (Wildman–Crippen MR) is 66.6 cm³/mol. The van der Waals surface area contributed by atoms with Crippen LogP contribution in [0.2, 0.25) is 0 Å². The van der Waals surface area contributed by atoms with Crippen LogP contribution in [0.15, 0.2) is 18.5 Å². The molecule has 0 aliphatic heterocycles. The molecule has 5 nitrogen and oxygen atoms in total. The second kappa shape index (κ2) is 4.71. The van der Waals surface area contributed by atoms with E-state index >= 15 is 0 Å². The lowest BCUT2D eigenvalue weighted by molar-refractivity contribution is 0.575. The van der Waals surface area contributed by atoms with Gasteiger partial charge in [-0.1, -0.05) is 0 Å². The van der Waals surface area contributed by atoms with E-state index in [0.717, 1.165) is 24.3 Å². The first-order chi connectivity index (χ1) is 8.10. The Labute approximate surface area is 101 Å². The van der Waals surface area contributed by atoms with Crippen LogP contribution in [0.5, 0.6) is 0 Å². The first-order valence-electron chi connectivity index (χ1n) is 5.91. The number of aromatic nitrogens is 4. The van der Waals surface area contributed by atoms with Gasteiger partial charge >= 0.3 is 0 Å². The molecule has 92 valence electrons. The smallest absolute Gasteiger partial charge is 0.0828 e. The van der Waals surface area contributed by atoms with Gasteiger partial charge < -0.3 is 5.73 Å². The molecule has 17 heavy (non-hydrogen) atoms. The summed E-state index contributed by atoms with van der Waals surface area (Å²) in [6.07, 6.45) is 3.82. The van der Waals surface area contributed by atoms with Crippen molar-refractivity contribution >= 4 is 0 Å². The van der Waals surface area contributed by atoms with E-state index in [4.69, 9.17) is 5.73 Å². The third-order valence-electron chi connectivity index (χ3n) is 2.79. The van der Waals surface area contributed by atoms with Crippen LogP contribution in [-0.4, -0.2) is 19.6 Å². The lowest BCUT2D eigenvalue weighted by atomic mass is 10.2. The fourth-order valence-electron chi connectivity index (χ4n) is 1.87. The second-order valence-corrected chi connectivity index (χ2v) is 4.35. The minimum atomic E-state index is 0.0292. The van der Waals surface area contributed by atoms with Crippen molar-refractivity contribution in [3.05, 3.63) is 35.4 Å². The van der Waals surface area contributed by atoms with Gasteiger partial charge in [0.2, 0.25) is 0 Å². The van der Waals surface area contributed by atoms with Gasteiger partial charge in [-0.3, -0.25) is 9.36 Å². The highest BCUT2D eigenvalue weighted by Gasteiger charge is 2.07. The zero-order valence-electron chi connectivity index (χ0n) is 10.6. The van der Waals surface area contributed by atoms with E-state index in [2.05, 4.69) is 23.2 Å². The summed E-state index contributed by atoms with van der Waals surface area (Å²) in [7, 11) is 0. The molecule has 0 aromatic carbocycles. The lowest BCUT2D eigenvalue weighted by Crippen LogP contribution is -2.08. The third kappa shape index (κ3) is 2.55. The van der Waals surface area contributed by atoms with Crippen molar-refractivity contribution in [3.63, 3.8) is 0 Å². The molecule has 0 saturated heterocycles. The molecule has 2 aromatic heterocycles. The maximum absolute atomic E-state index is 5.81. The molecule has 2 heterocycles. The van der Waals surface area contributed by atoms with Crippen LogP contribution in [0.3, 0.4) is 0 Å². The van der Waals surface area contributed by atoms with Gasteiger partial charge in [-0.2, -0.15) is 10.2 Å². The average Bonchev–Trinajstić information content (AvgIpc) is 2.86. The molecule has 1 unspecified atom stereocenters. The van der Waals surface area contributed by atoms with Crippen LogP contribution in [0.25, 0.3) is 0 Å². The summed E-state index contributed by atoms with van der Waals surface area (Å²) < 4.78 is 3.91. The molecule has 2 N–H and O–H groups in total. The van der Waals surface area contributed by atoms with Gasteiger partial charge in [0.1, 0.15) is 0 Å². The summed E-state index contributed by atoms with van der Waals surface area (Å²) in [4.78, 5) is 0. The molecule has 0 radical (unpaired) electrons. The van der Waals surface area contributed by atoms with Gasteiger partial charge in [-0.05, 0) is 26.8 Å². The van der Waals surface area contributed by atoms with E-state index in [-0.39, 0.29) is 6.04 Å². The summed E-state index contributed by atoms with van der Waals surface area (Å²) in [6, 6.07) is 2.12. The van der Waals surface area contributed by atoms with E-state index in [9.17, 15) is 0 Å². The molecule has 2 aromatic rings. The van der Waals surface area contributed by atoms with E-state index in [1.807, 2.05) is 35.6 Å². The Balaban J connectivity index is 2.19. The molecule has 0 spiro atoms. The minimum Gasteiger partial charge on any atom is -0.324 e. The number of nitrogens with zero attached hydrogens (tertiary/aromatic N) is 4. The van der Waals surface area contributed by atoms with E-state index < -0.39 is 0 Å². The first kappa shape index (κ1) is 11.9. The van der Waals surface area contributed by atoms with Crippen LogP contribution >= 0.6 is 0 Å². The number of rotatable bonds is 4. The van der Waals surface area contributed by atoms with E-state index in [1.165, 1.54) is 5.69 Å². The average molecular weight is 233 g/mol. The molecule has 2 rings (SSSR count). The maximum atomic E-state index is 5.81. The fraction of sp³-hybridized carbons (Fsp3) is 0.500. The molecule has 1 atom stereocenters. The van der Waals surface area contributed by atoms with Crippen molar-refractivity contribution in [1.29, 1.82) is 0 Å². The highest BCUT2D eigenvalue weighted by atomic mass is 15.3. The van der Waals surface area contributed by atoms with Gasteiger partial charge in [0, 0.05) is 24.3 Å². The first-order valence-corrected chi connectivity index (χ1v) is 5.91. The molecule has 0 fully saturated rings. The van der Waals surface area contributed by atoms with Crippen molar-refractivity contribution in [3.8, 4) is 0 Å². The van der Waals surface area contributed by atoms with Crippen LogP contribution in [0.1, 0.15) is 36.8 Å². The summed E-state index contributed by atoms with van der Waals surface area (Å²) in [5.41, 5.74) is 9.08. The Hall–Kier alpha value is -1.62. The summed E-state index contributed by atoms with van der Waals surface area (Å²) in [5.74, 6) is 0. The van der Waals surface area contributed by atoms with Crippen molar-refractivity contribution in [1.82, 2.24) is 19.6 Å². The number of hydrogen-bond acceptors (Lipinski definition) is 3. The molecule has 5 heteroatoms. The summed E-state index contributed by atoms with van der Waals surface area (Å²) in [6.45, 7) is 7.67. The van der Waals surface area contributed by atoms with E-state index in [0.29, 0.717) is 0 Å². The molecule has 0 saturated carbocycles. The fourth-order valence-corrected chi connectivity index (χ4v) is 1.87. The molecule has 0 aliphatic carbocycles. The summed E-state index contributed by atoms with van der Waals surface area (Å²) in [5, 5.41) is 8.73. The van der Waals surface area contributed by atoms with Gasteiger partial charge in [0.15, 0.2) is 0 Å². The third-order valence-corrected chi connectivity index (χ3v) is 2.79. The zero-order chi connectivity index (χ0) is 12.4. The minimum absolute atomic E-state index is 0.0292. The monoisotopic (exact) mass is 233 g/mol. The molecule has 0 aliphatic rings. The van der Waals surface area contributed by atoms with Gasteiger partial charge in [-0.25, -0.2) is 0 Å². The van der Waals surface area contributed by atoms with Crippen molar-refractivity contribution in [2.24, 2.45) is 5.73 Å². The Kier molecular flexibility index (Phi) is 3.28. The number of aryl methyl sites for hydroxylation is 2. The highest BCUT2D eigenvalue weighted by molar-refractivity contribution is 5.12. The largest absolute Gasteiger partial charge is 0.324 e. The SMILES string of the molecule is CCn1nc(C)cc1Cn1cc(C(C)N)cn1. The second-order valence-electron chi connectivity index (χ2n) is 4.35. The van der Waals surface area contributed by atoms with Crippen LogP contribution < -0.4 is 5.73 Å². The lowest BCUT2D eigenvalue weighted by Gasteiger charge is -2.04. The Morgan fingerprint density at radius 1 is 1.47 bits per heavy atom. The topological polar surface area (TPSA) is 61.7 Å². The Morgan fingerprint density at radius 3 is 2.82 bits per heavy atom.